The molecule has 2 N–H and O–H groups in total. The van der Waals surface area contributed by atoms with Crippen molar-refractivity contribution in [3.63, 3.8) is 0 Å². The van der Waals surface area contributed by atoms with Crippen molar-refractivity contribution < 1.29 is 19.5 Å². The van der Waals surface area contributed by atoms with Crippen LogP contribution in [-0.4, -0.2) is 35.1 Å². The highest BCUT2D eigenvalue weighted by molar-refractivity contribution is 6.40. The molecule has 1 heterocycles. The number of carbonyl (C=O) groups excluding carboxylic acids is 2. The molecule has 1 aromatic carbocycles. The largest absolute Gasteiger partial charge is 0.481 e. The number of rotatable bonds is 9. The van der Waals surface area contributed by atoms with Crippen LogP contribution >= 0.6 is 0 Å². The van der Waals surface area contributed by atoms with E-state index < -0.39 is 5.97 Å². The number of nitrogens with zero attached hydrogens (tertiary/aromatic N) is 2. The van der Waals surface area contributed by atoms with Gasteiger partial charge >= 0.3 is 5.97 Å². The second-order valence-electron chi connectivity index (χ2n) is 5.90. The molecular formula is C18H23N3O4. The minimum absolute atomic E-state index is 0.124. The quantitative estimate of drug-likeness (QED) is 0.671. The van der Waals surface area contributed by atoms with Gasteiger partial charge in [-0.1, -0.05) is 31.0 Å². The van der Waals surface area contributed by atoms with Crippen LogP contribution in [0.2, 0.25) is 0 Å². The van der Waals surface area contributed by atoms with E-state index in [1.54, 1.807) is 12.1 Å². The Hall–Kier alpha value is -2.70. The van der Waals surface area contributed by atoms with Crippen molar-refractivity contribution in [1.82, 2.24) is 5.32 Å². The van der Waals surface area contributed by atoms with E-state index in [0.717, 1.165) is 19.3 Å². The Morgan fingerprint density at radius 3 is 2.52 bits per heavy atom. The topological polar surface area (TPSA) is 99.1 Å². The average molecular weight is 345 g/mol. The monoisotopic (exact) mass is 345 g/mol. The predicted octanol–water partition coefficient (Wildman–Crippen LogP) is 2.32. The van der Waals surface area contributed by atoms with E-state index in [1.165, 1.54) is 5.01 Å². The van der Waals surface area contributed by atoms with E-state index in [1.807, 2.05) is 18.2 Å². The van der Waals surface area contributed by atoms with Gasteiger partial charge in [0.1, 0.15) is 5.71 Å². The normalized spacial score (nSPS) is 14.2. The molecule has 2 rings (SSSR count). The first-order valence-electron chi connectivity index (χ1n) is 8.53. The molecule has 7 nitrogen and oxygen atoms in total. The van der Waals surface area contributed by atoms with Gasteiger partial charge in [0, 0.05) is 25.8 Å². The first-order valence-corrected chi connectivity index (χ1v) is 8.53. The van der Waals surface area contributed by atoms with Crippen LogP contribution in [0.3, 0.4) is 0 Å². The number of aliphatic carboxylic acids is 1. The highest BCUT2D eigenvalue weighted by atomic mass is 16.4. The minimum Gasteiger partial charge on any atom is -0.481 e. The van der Waals surface area contributed by atoms with Gasteiger partial charge in [-0.05, 0) is 25.0 Å². The molecule has 2 amide bonds. The molecule has 0 unspecified atom stereocenters. The maximum Gasteiger partial charge on any atom is 0.303 e. The number of carboxylic acids is 1. The van der Waals surface area contributed by atoms with Crippen LogP contribution in [0.1, 0.15) is 44.9 Å². The lowest BCUT2D eigenvalue weighted by Gasteiger charge is -2.23. The van der Waals surface area contributed by atoms with Crippen molar-refractivity contribution in [2.75, 3.05) is 11.6 Å². The fraction of sp³-hybridized carbons (Fsp3) is 0.444. The standard InChI is InChI=1S/C18H23N3O4/c22-16-12-11-15(20-21(16)14-8-4-3-5-9-14)18(25)19-13-7-2-1-6-10-17(23)24/h3-5,8-9H,1-2,6-7,10-13H2,(H,19,25)(H,23,24). The highest BCUT2D eigenvalue weighted by Crippen LogP contribution is 2.19. The summed E-state index contributed by atoms with van der Waals surface area (Å²) in [5.74, 6) is -1.15. The maximum atomic E-state index is 12.2. The van der Waals surface area contributed by atoms with E-state index in [4.69, 9.17) is 5.11 Å². The lowest BCUT2D eigenvalue weighted by molar-refractivity contribution is -0.137. The molecule has 0 atom stereocenters. The zero-order valence-corrected chi connectivity index (χ0v) is 14.1. The van der Waals surface area contributed by atoms with Gasteiger partial charge in [0.15, 0.2) is 0 Å². The van der Waals surface area contributed by atoms with Gasteiger partial charge in [0.25, 0.3) is 5.91 Å². The molecule has 0 saturated heterocycles. The van der Waals surface area contributed by atoms with E-state index in [-0.39, 0.29) is 24.7 Å². The molecule has 1 aliphatic heterocycles. The molecule has 7 heteroatoms. The number of hydrazone groups is 1. The van der Waals surface area contributed by atoms with Crippen LogP contribution in [0.15, 0.2) is 35.4 Å². The van der Waals surface area contributed by atoms with Crippen LogP contribution < -0.4 is 10.3 Å². The number of carbonyl (C=O) groups is 3. The first kappa shape index (κ1) is 18.6. The van der Waals surface area contributed by atoms with Gasteiger partial charge < -0.3 is 10.4 Å². The number of anilines is 1. The zero-order valence-electron chi connectivity index (χ0n) is 14.1. The van der Waals surface area contributed by atoms with Crippen molar-refractivity contribution in [3.8, 4) is 0 Å². The van der Waals surface area contributed by atoms with E-state index in [0.29, 0.717) is 30.8 Å². The summed E-state index contributed by atoms with van der Waals surface area (Å²) in [6.07, 6.45) is 3.94. The number of para-hydroxylation sites is 1. The molecular weight excluding hydrogens is 322 g/mol. The van der Waals surface area contributed by atoms with Gasteiger partial charge in [0.05, 0.1) is 5.69 Å². The third kappa shape index (κ3) is 6.02. The third-order valence-corrected chi connectivity index (χ3v) is 3.90. The van der Waals surface area contributed by atoms with E-state index >= 15 is 0 Å². The molecule has 0 aromatic heterocycles. The molecule has 1 aliphatic rings. The SMILES string of the molecule is O=C(O)CCCCCCNC(=O)C1=NN(c2ccccc2)C(=O)CC1. The number of hydrogen-bond donors (Lipinski definition) is 2. The number of unbranched alkanes of at least 4 members (excludes halogenated alkanes) is 3. The fourth-order valence-corrected chi connectivity index (χ4v) is 2.55. The van der Waals surface area contributed by atoms with Crippen LogP contribution in [0, 0.1) is 0 Å². The zero-order chi connectivity index (χ0) is 18.1. The van der Waals surface area contributed by atoms with Crippen LogP contribution in [0.5, 0.6) is 0 Å². The van der Waals surface area contributed by atoms with E-state index in [9.17, 15) is 14.4 Å². The number of nitrogens with one attached hydrogen (secondary N) is 1. The summed E-state index contributed by atoms with van der Waals surface area (Å²) in [6.45, 7) is 0.518. The number of benzene rings is 1. The second kappa shape index (κ2) is 9.56. The number of amides is 2. The second-order valence-corrected chi connectivity index (χ2v) is 5.90. The highest BCUT2D eigenvalue weighted by Gasteiger charge is 2.25. The van der Waals surface area contributed by atoms with Crippen molar-refractivity contribution >= 4 is 29.2 Å². The van der Waals surface area contributed by atoms with Crippen LogP contribution in [-0.2, 0) is 14.4 Å². The molecule has 25 heavy (non-hydrogen) atoms. The smallest absolute Gasteiger partial charge is 0.303 e. The Kier molecular flexibility index (Phi) is 7.13. The summed E-state index contributed by atoms with van der Waals surface area (Å²) < 4.78 is 0. The summed E-state index contributed by atoms with van der Waals surface area (Å²) in [5.41, 5.74) is 1.00. The predicted molar refractivity (Wildman–Crippen MR) is 94.3 cm³/mol. The summed E-state index contributed by atoms with van der Waals surface area (Å²) in [7, 11) is 0. The maximum absolute atomic E-state index is 12.2. The lowest BCUT2D eigenvalue weighted by atomic mass is 10.1. The summed E-state index contributed by atoms with van der Waals surface area (Å²) >= 11 is 0. The molecule has 0 bridgehead atoms. The van der Waals surface area contributed by atoms with Crippen molar-refractivity contribution in [2.24, 2.45) is 5.10 Å². The third-order valence-electron chi connectivity index (χ3n) is 3.90. The number of carboxylic acid groups (broad SMARTS) is 1. The Labute approximate surface area is 146 Å². The Balaban J connectivity index is 1.79. The lowest BCUT2D eigenvalue weighted by Crippen LogP contribution is -2.39. The number of hydrogen-bond acceptors (Lipinski definition) is 4. The summed E-state index contributed by atoms with van der Waals surface area (Å²) in [4.78, 5) is 34.6. The van der Waals surface area contributed by atoms with Crippen molar-refractivity contribution in [2.45, 2.75) is 44.9 Å². The van der Waals surface area contributed by atoms with Gasteiger partial charge in [0.2, 0.25) is 5.91 Å². The minimum atomic E-state index is -0.777. The molecule has 0 saturated carbocycles. The van der Waals surface area contributed by atoms with E-state index in [2.05, 4.69) is 10.4 Å². The van der Waals surface area contributed by atoms with Crippen LogP contribution in [0.4, 0.5) is 5.69 Å². The van der Waals surface area contributed by atoms with Gasteiger partial charge in [-0.2, -0.15) is 5.10 Å². The summed E-state index contributed by atoms with van der Waals surface area (Å²) in [6, 6.07) is 9.04. The Morgan fingerprint density at radius 2 is 1.80 bits per heavy atom. The molecule has 0 spiro atoms. The molecule has 134 valence electrons. The van der Waals surface area contributed by atoms with Gasteiger partial charge in [-0.15, -0.1) is 0 Å². The first-order chi connectivity index (χ1) is 12.1. The van der Waals surface area contributed by atoms with Crippen molar-refractivity contribution in [1.29, 1.82) is 0 Å². The molecule has 0 fully saturated rings. The fourth-order valence-electron chi connectivity index (χ4n) is 2.55. The van der Waals surface area contributed by atoms with Crippen LogP contribution in [0.25, 0.3) is 0 Å². The van der Waals surface area contributed by atoms with Gasteiger partial charge in [-0.3, -0.25) is 14.4 Å². The molecule has 0 aliphatic carbocycles. The van der Waals surface area contributed by atoms with Gasteiger partial charge in [-0.25, -0.2) is 5.01 Å². The van der Waals surface area contributed by atoms with Crippen molar-refractivity contribution in [3.05, 3.63) is 30.3 Å². The summed E-state index contributed by atoms with van der Waals surface area (Å²) in [5, 5.41) is 16.9. The average Bonchev–Trinajstić information content (AvgIpc) is 2.61. The molecule has 0 radical (unpaired) electrons. The molecule has 1 aromatic rings. The Morgan fingerprint density at radius 1 is 1.08 bits per heavy atom. The Bertz CT molecular complexity index is 643.